The standard InChI is InChI=1S/C19H11N3O3S2/c23-17(20-10-5-6-13-12(9-10)22-19(24)25-13)15-7-8-16(26-15)18-21-11-3-1-2-4-14(11)27-18/h1-9H,(H,20,23)(H,22,24). The van der Waals surface area contributed by atoms with Crippen LogP contribution in [-0.2, 0) is 0 Å². The lowest BCUT2D eigenvalue weighted by atomic mass is 10.3. The molecule has 2 N–H and O–H groups in total. The second-order valence-corrected chi connectivity index (χ2v) is 7.94. The van der Waals surface area contributed by atoms with E-state index in [-0.39, 0.29) is 5.91 Å². The SMILES string of the molecule is O=C(Nc1ccc2oc(=O)[nH]c2c1)c1ccc(-c2nc3ccccc3s2)s1. The molecule has 2 aromatic carbocycles. The molecule has 0 radical (unpaired) electrons. The minimum atomic E-state index is -0.521. The molecule has 0 unspecified atom stereocenters. The average molecular weight is 393 g/mol. The van der Waals surface area contributed by atoms with E-state index in [1.807, 2.05) is 30.3 Å². The van der Waals surface area contributed by atoms with E-state index in [1.54, 1.807) is 35.6 Å². The van der Waals surface area contributed by atoms with Crippen LogP contribution in [0, 0.1) is 0 Å². The van der Waals surface area contributed by atoms with Gasteiger partial charge in [0.05, 0.1) is 25.5 Å². The van der Waals surface area contributed by atoms with Crippen LogP contribution < -0.4 is 11.1 Å². The van der Waals surface area contributed by atoms with E-state index in [1.165, 1.54) is 11.3 Å². The molecule has 0 aliphatic rings. The lowest BCUT2D eigenvalue weighted by Crippen LogP contribution is -2.09. The van der Waals surface area contributed by atoms with E-state index in [9.17, 15) is 9.59 Å². The molecule has 0 fully saturated rings. The van der Waals surface area contributed by atoms with E-state index in [4.69, 9.17) is 4.42 Å². The third kappa shape index (κ3) is 2.94. The van der Waals surface area contributed by atoms with Crippen LogP contribution in [0.15, 0.2) is 63.8 Å². The van der Waals surface area contributed by atoms with Gasteiger partial charge in [0, 0.05) is 5.69 Å². The topological polar surface area (TPSA) is 88.0 Å². The van der Waals surface area contributed by atoms with Crippen molar-refractivity contribution in [2.45, 2.75) is 0 Å². The summed E-state index contributed by atoms with van der Waals surface area (Å²) in [4.78, 5) is 32.5. The molecule has 0 atom stereocenters. The van der Waals surface area contributed by atoms with E-state index >= 15 is 0 Å². The Morgan fingerprint density at radius 2 is 1.96 bits per heavy atom. The van der Waals surface area contributed by atoms with Crippen molar-refractivity contribution in [2.75, 3.05) is 5.32 Å². The molecule has 3 aromatic heterocycles. The molecule has 1 amide bonds. The monoisotopic (exact) mass is 393 g/mol. The Labute approximate surface area is 160 Å². The van der Waals surface area contributed by atoms with E-state index in [2.05, 4.69) is 15.3 Å². The molecule has 5 aromatic rings. The summed E-state index contributed by atoms with van der Waals surface area (Å²) in [5, 5.41) is 3.74. The Bertz CT molecular complexity index is 1330. The van der Waals surface area contributed by atoms with E-state index in [0.29, 0.717) is 21.7 Å². The summed E-state index contributed by atoms with van der Waals surface area (Å²) < 4.78 is 6.08. The number of amides is 1. The minimum absolute atomic E-state index is 0.211. The Hall–Kier alpha value is -3.23. The molecule has 5 rings (SSSR count). The number of nitrogens with one attached hydrogen (secondary N) is 2. The molecule has 0 aliphatic carbocycles. The van der Waals surface area contributed by atoms with Crippen LogP contribution in [0.2, 0.25) is 0 Å². The Kier molecular flexibility index (Phi) is 3.66. The van der Waals surface area contributed by atoms with Crippen molar-refractivity contribution in [3.05, 3.63) is 70.0 Å². The number of H-pyrrole nitrogens is 1. The maximum Gasteiger partial charge on any atom is 0.417 e. The van der Waals surface area contributed by atoms with Crippen molar-refractivity contribution in [1.29, 1.82) is 0 Å². The third-order valence-corrected chi connectivity index (χ3v) is 6.30. The number of aromatic amines is 1. The number of nitrogens with zero attached hydrogens (tertiary/aromatic N) is 1. The fourth-order valence-electron chi connectivity index (χ4n) is 2.77. The zero-order valence-corrected chi connectivity index (χ0v) is 15.3. The molecule has 0 aliphatic heterocycles. The van der Waals surface area contributed by atoms with Gasteiger partial charge in [-0.2, -0.15) is 0 Å². The van der Waals surface area contributed by atoms with Gasteiger partial charge in [-0.1, -0.05) is 12.1 Å². The summed E-state index contributed by atoms with van der Waals surface area (Å²) in [6, 6.07) is 16.7. The van der Waals surface area contributed by atoms with Crippen molar-refractivity contribution in [2.24, 2.45) is 0 Å². The number of rotatable bonds is 3. The van der Waals surface area contributed by atoms with Crippen molar-refractivity contribution in [3.8, 4) is 9.88 Å². The number of thiazole rings is 1. The molecule has 0 spiro atoms. The Balaban J connectivity index is 1.40. The number of fused-ring (bicyclic) bond motifs is 2. The fourth-order valence-corrected chi connectivity index (χ4v) is 4.70. The van der Waals surface area contributed by atoms with Gasteiger partial charge in [-0.25, -0.2) is 9.78 Å². The molecule has 132 valence electrons. The number of thiophene rings is 1. The van der Waals surface area contributed by atoms with Gasteiger partial charge >= 0.3 is 5.76 Å². The van der Waals surface area contributed by atoms with Gasteiger partial charge in [-0.15, -0.1) is 22.7 Å². The second kappa shape index (κ2) is 6.19. The Morgan fingerprint density at radius 3 is 2.85 bits per heavy atom. The molecular weight excluding hydrogens is 382 g/mol. The highest BCUT2D eigenvalue weighted by Crippen LogP contribution is 2.34. The highest BCUT2D eigenvalue weighted by molar-refractivity contribution is 7.26. The van der Waals surface area contributed by atoms with E-state index < -0.39 is 5.76 Å². The normalized spacial score (nSPS) is 11.3. The number of carbonyl (C=O) groups is 1. The predicted molar refractivity (Wildman–Crippen MR) is 108 cm³/mol. The fraction of sp³-hybridized carbons (Fsp3) is 0. The molecule has 27 heavy (non-hydrogen) atoms. The zero-order valence-electron chi connectivity index (χ0n) is 13.7. The first-order valence-electron chi connectivity index (χ1n) is 8.06. The predicted octanol–water partition coefficient (Wildman–Crippen LogP) is 4.71. The largest absolute Gasteiger partial charge is 0.417 e. The van der Waals surface area contributed by atoms with Gasteiger partial charge in [0.1, 0.15) is 5.01 Å². The van der Waals surface area contributed by atoms with Crippen molar-refractivity contribution < 1.29 is 9.21 Å². The molecule has 3 heterocycles. The maximum atomic E-state index is 12.6. The summed E-state index contributed by atoms with van der Waals surface area (Å²) >= 11 is 3.00. The second-order valence-electron chi connectivity index (χ2n) is 5.83. The smallest absolute Gasteiger partial charge is 0.408 e. The summed E-state index contributed by atoms with van der Waals surface area (Å²) in [6.45, 7) is 0. The molecule has 6 nitrogen and oxygen atoms in total. The lowest BCUT2D eigenvalue weighted by Gasteiger charge is -2.02. The zero-order chi connectivity index (χ0) is 18.4. The maximum absolute atomic E-state index is 12.6. The highest BCUT2D eigenvalue weighted by atomic mass is 32.1. The quantitative estimate of drug-likeness (QED) is 0.465. The number of aromatic nitrogens is 2. The Morgan fingerprint density at radius 1 is 1.07 bits per heavy atom. The first kappa shape index (κ1) is 16.0. The van der Waals surface area contributed by atoms with Gasteiger partial charge in [-0.05, 0) is 42.5 Å². The van der Waals surface area contributed by atoms with Crippen LogP contribution in [0.5, 0.6) is 0 Å². The summed E-state index contributed by atoms with van der Waals surface area (Å²) in [5.41, 5.74) is 2.53. The van der Waals surface area contributed by atoms with Gasteiger partial charge in [0.25, 0.3) is 5.91 Å². The van der Waals surface area contributed by atoms with Crippen molar-refractivity contribution in [3.63, 3.8) is 0 Å². The average Bonchev–Trinajstić information content (AvgIpc) is 3.37. The van der Waals surface area contributed by atoms with Crippen LogP contribution in [-0.4, -0.2) is 15.9 Å². The van der Waals surface area contributed by atoms with Gasteiger partial charge < -0.3 is 9.73 Å². The minimum Gasteiger partial charge on any atom is -0.408 e. The van der Waals surface area contributed by atoms with Gasteiger partial charge in [0.15, 0.2) is 5.58 Å². The molecular formula is C19H11N3O3S2. The van der Waals surface area contributed by atoms with Crippen LogP contribution in [0.4, 0.5) is 5.69 Å². The number of para-hydroxylation sites is 1. The molecule has 0 saturated heterocycles. The molecule has 8 heteroatoms. The number of anilines is 1. The number of oxazole rings is 1. The number of benzene rings is 2. The van der Waals surface area contributed by atoms with Gasteiger partial charge in [0.2, 0.25) is 0 Å². The lowest BCUT2D eigenvalue weighted by molar-refractivity contribution is 0.103. The summed E-state index contributed by atoms with van der Waals surface area (Å²) in [5.74, 6) is -0.732. The first-order chi connectivity index (χ1) is 13.2. The van der Waals surface area contributed by atoms with Crippen LogP contribution in [0.3, 0.4) is 0 Å². The number of hydrogen-bond donors (Lipinski definition) is 2. The van der Waals surface area contributed by atoms with Gasteiger partial charge in [-0.3, -0.25) is 9.78 Å². The third-order valence-electron chi connectivity index (χ3n) is 4.01. The number of carbonyl (C=O) groups excluding carboxylic acids is 1. The highest BCUT2D eigenvalue weighted by Gasteiger charge is 2.14. The molecule has 0 bridgehead atoms. The van der Waals surface area contributed by atoms with Crippen LogP contribution in [0.25, 0.3) is 31.2 Å². The van der Waals surface area contributed by atoms with Crippen LogP contribution in [0.1, 0.15) is 9.67 Å². The van der Waals surface area contributed by atoms with E-state index in [0.717, 1.165) is 20.1 Å². The van der Waals surface area contributed by atoms with Crippen molar-refractivity contribution >= 4 is 55.6 Å². The first-order valence-corrected chi connectivity index (χ1v) is 9.69. The molecule has 0 saturated carbocycles. The summed E-state index contributed by atoms with van der Waals surface area (Å²) in [6.07, 6.45) is 0. The number of hydrogen-bond acceptors (Lipinski definition) is 6. The van der Waals surface area contributed by atoms with Crippen LogP contribution >= 0.6 is 22.7 Å². The van der Waals surface area contributed by atoms with Crippen molar-refractivity contribution in [1.82, 2.24) is 9.97 Å². The summed E-state index contributed by atoms with van der Waals surface area (Å²) in [7, 11) is 0.